The zero-order valence-electron chi connectivity index (χ0n) is 16.5. The van der Waals surface area contributed by atoms with Gasteiger partial charge in [-0.05, 0) is 66.2 Å². The van der Waals surface area contributed by atoms with E-state index in [0.29, 0.717) is 28.4 Å². The summed E-state index contributed by atoms with van der Waals surface area (Å²) in [6.07, 6.45) is 3.16. The third kappa shape index (κ3) is 4.78. The summed E-state index contributed by atoms with van der Waals surface area (Å²) in [5.41, 5.74) is 1.64. The molecular formula is C24H17BrO6. The first-order valence-electron chi connectivity index (χ1n) is 9.31. The number of carbonyl (C=O) groups excluding carboxylic acids is 2. The summed E-state index contributed by atoms with van der Waals surface area (Å²) in [6.45, 7) is 0.126. The summed E-state index contributed by atoms with van der Waals surface area (Å²) in [5, 5.41) is 0. The lowest BCUT2D eigenvalue weighted by Crippen LogP contribution is -2.09. The third-order valence-electron chi connectivity index (χ3n) is 4.55. The van der Waals surface area contributed by atoms with E-state index in [-0.39, 0.29) is 18.3 Å². The highest BCUT2D eigenvalue weighted by atomic mass is 79.9. The van der Waals surface area contributed by atoms with Crippen molar-refractivity contribution in [3.63, 3.8) is 0 Å². The smallest absolute Gasteiger partial charge is 0.343 e. The highest BCUT2D eigenvalue weighted by Crippen LogP contribution is 2.34. The van der Waals surface area contributed by atoms with Crippen LogP contribution in [0.5, 0.6) is 23.0 Å². The van der Waals surface area contributed by atoms with E-state index in [1.807, 2.05) is 12.1 Å². The number of hydrogen-bond acceptors (Lipinski definition) is 6. The molecule has 0 fully saturated rings. The van der Waals surface area contributed by atoms with E-state index in [2.05, 4.69) is 15.9 Å². The van der Waals surface area contributed by atoms with Gasteiger partial charge in [0.25, 0.3) is 0 Å². The van der Waals surface area contributed by atoms with Gasteiger partial charge in [0.2, 0.25) is 6.79 Å². The van der Waals surface area contributed by atoms with Crippen molar-refractivity contribution in [2.45, 2.75) is 0 Å². The molecule has 31 heavy (non-hydrogen) atoms. The van der Waals surface area contributed by atoms with Gasteiger partial charge in [0.05, 0.1) is 12.7 Å². The molecule has 1 aliphatic rings. The Hall–Kier alpha value is -3.58. The van der Waals surface area contributed by atoms with Gasteiger partial charge in [-0.1, -0.05) is 28.1 Å². The van der Waals surface area contributed by atoms with Crippen LogP contribution < -0.4 is 18.9 Å². The summed E-state index contributed by atoms with van der Waals surface area (Å²) in [7, 11) is 1.48. The second-order valence-corrected chi connectivity index (χ2v) is 7.49. The second kappa shape index (κ2) is 9.06. The number of hydrogen-bond donors (Lipinski definition) is 0. The number of carbonyl (C=O) groups is 2. The molecule has 1 heterocycles. The van der Waals surface area contributed by atoms with Crippen LogP contribution >= 0.6 is 15.9 Å². The Bertz CT molecular complexity index is 1170. The number of benzene rings is 3. The zero-order valence-corrected chi connectivity index (χ0v) is 18.0. The van der Waals surface area contributed by atoms with Crippen molar-refractivity contribution < 1.29 is 28.5 Å². The molecule has 0 saturated heterocycles. The molecule has 4 rings (SSSR count). The van der Waals surface area contributed by atoms with E-state index >= 15 is 0 Å². The van der Waals surface area contributed by atoms with Crippen molar-refractivity contribution in [1.29, 1.82) is 0 Å². The number of halogens is 1. The maximum Gasteiger partial charge on any atom is 0.343 e. The minimum atomic E-state index is -0.551. The summed E-state index contributed by atoms with van der Waals surface area (Å²) in [5.74, 6) is 1.05. The molecule has 156 valence electrons. The number of allylic oxidation sites excluding steroid dienone is 1. The van der Waals surface area contributed by atoms with E-state index in [0.717, 1.165) is 10.0 Å². The Morgan fingerprint density at radius 2 is 1.65 bits per heavy atom. The molecule has 0 aliphatic carbocycles. The molecule has 1 aliphatic heterocycles. The van der Waals surface area contributed by atoms with Gasteiger partial charge in [-0.15, -0.1) is 0 Å². The average Bonchev–Trinajstić information content (AvgIpc) is 3.26. The van der Waals surface area contributed by atoms with Crippen LogP contribution in [0.4, 0.5) is 0 Å². The van der Waals surface area contributed by atoms with Crippen molar-refractivity contribution in [2.24, 2.45) is 0 Å². The lowest BCUT2D eigenvalue weighted by atomic mass is 10.1. The zero-order chi connectivity index (χ0) is 21.8. The lowest BCUT2D eigenvalue weighted by Gasteiger charge is -2.10. The van der Waals surface area contributed by atoms with Gasteiger partial charge in [-0.3, -0.25) is 4.79 Å². The van der Waals surface area contributed by atoms with Gasteiger partial charge in [-0.2, -0.15) is 0 Å². The predicted molar refractivity (Wildman–Crippen MR) is 118 cm³/mol. The fourth-order valence-corrected chi connectivity index (χ4v) is 3.20. The molecule has 0 spiro atoms. The van der Waals surface area contributed by atoms with Crippen LogP contribution in [-0.4, -0.2) is 25.7 Å². The van der Waals surface area contributed by atoms with Gasteiger partial charge < -0.3 is 18.9 Å². The molecule has 0 aromatic heterocycles. The van der Waals surface area contributed by atoms with Crippen LogP contribution in [0.1, 0.15) is 26.3 Å². The summed E-state index contributed by atoms with van der Waals surface area (Å²) in [6, 6.07) is 17.0. The van der Waals surface area contributed by atoms with Crippen LogP contribution in [0.25, 0.3) is 6.08 Å². The van der Waals surface area contributed by atoms with Crippen molar-refractivity contribution >= 4 is 33.8 Å². The van der Waals surface area contributed by atoms with Crippen molar-refractivity contribution in [3.05, 3.63) is 87.9 Å². The third-order valence-corrected chi connectivity index (χ3v) is 5.08. The topological polar surface area (TPSA) is 71.1 Å². The summed E-state index contributed by atoms with van der Waals surface area (Å²) >= 11 is 3.35. The quantitative estimate of drug-likeness (QED) is 0.206. The summed E-state index contributed by atoms with van der Waals surface area (Å²) in [4.78, 5) is 24.8. The van der Waals surface area contributed by atoms with Gasteiger partial charge in [-0.25, -0.2) is 4.79 Å². The number of fused-ring (bicyclic) bond motifs is 1. The van der Waals surface area contributed by atoms with E-state index < -0.39 is 5.97 Å². The summed E-state index contributed by atoms with van der Waals surface area (Å²) < 4.78 is 22.3. The SMILES string of the molecule is COc1cc(/C=C/C(=O)c2ccc(Br)cc2)ccc1OC(=O)c1ccc2c(c1)OCO2. The molecule has 0 N–H and O–H groups in total. The van der Waals surface area contributed by atoms with Crippen LogP contribution in [-0.2, 0) is 0 Å². The van der Waals surface area contributed by atoms with Crippen molar-refractivity contribution in [3.8, 4) is 23.0 Å². The first-order valence-corrected chi connectivity index (χ1v) is 10.1. The predicted octanol–water partition coefficient (Wildman–Crippen LogP) is 5.30. The number of ketones is 1. The Morgan fingerprint density at radius 3 is 2.42 bits per heavy atom. The number of methoxy groups -OCH3 is 1. The molecule has 3 aromatic rings. The van der Waals surface area contributed by atoms with Crippen molar-refractivity contribution in [1.82, 2.24) is 0 Å². The fourth-order valence-electron chi connectivity index (χ4n) is 2.94. The average molecular weight is 481 g/mol. The van der Waals surface area contributed by atoms with Gasteiger partial charge in [0, 0.05) is 10.0 Å². The molecule has 0 amide bonds. The number of esters is 1. The molecule has 0 unspecified atom stereocenters. The van der Waals surface area contributed by atoms with Gasteiger partial charge in [0.15, 0.2) is 28.8 Å². The Morgan fingerprint density at radius 1 is 0.903 bits per heavy atom. The Kier molecular flexibility index (Phi) is 6.04. The molecule has 7 heteroatoms. The normalized spacial score (nSPS) is 12.1. The van der Waals surface area contributed by atoms with Crippen LogP contribution in [0.3, 0.4) is 0 Å². The van der Waals surface area contributed by atoms with E-state index in [1.54, 1.807) is 54.6 Å². The molecule has 3 aromatic carbocycles. The van der Waals surface area contributed by atoms with Crippen molar-refractivity contribution in [2.75, 3.05) is 13.9 Å². The largest absolute Gasteiger partial charge is 0.493 e. The Labute approximate surface area is 187 Å². The number of ether oxygens (including phenoxy) is 4. The van der Waals surface area contributed by atoms with Gasteiger partial charge >= 0.3 is 5.97 Å². The molecule has 0 bridgehead atoms. The van der Waals surface area contributed by atoms with Crippen LogP contribution in [0.15, 0.2) is 71.2 Å². The molecule has 0 radical (unpaired) electrons. The lowest BCUT2D eigenvalue weighted by molar-refractivity contribution is 0.0729. The first kappa shape index (κ1) is 20.7. The van der Waals surface area contributed by atoms with E-state index in [9.17, 15) is 9.59 Å². The second-order valence-electron chi connectivity index (χ2n) is 6.57. The first-order chi connectivity index (χ1) is 15.0. The monoisotopic (exact) mass is 480 g/mol. The number of rotatable bonds is 6. The maximum absolute atomic E-state index is 12.5. The maximum atomic E-state index is 12.5. The highest BCUT2D eigenvalue weighted by Gasteiger charge is 2.18. The van der Waals surface area contributed by atoms with E-state index in [1.165, 1.54) is 13.2 Å². The minimum Gasteiger partial charge on any atom is -0.493 e. The van der Waals surface area contributed by atoms with Crippen LogP contribution in [0.2, 0.25) is 0 Å². The molecule has 0 atom stereocenters. The molecule has 0 saturated carbocycles. The Balaban J connectivity index is 1.48. The van der Waals surface area contributed by atoms with Gasteiger partial charge in [0.1, 0.15) is 0 Å². The standard InChI is InChI=1S/C24H17BrO6/c1-28-22-12-15(2-9-19(26)16-4-7-18(25)8-5-16)3-10-21(22)31-24(27)17-6-11-20-23(13-17)30-14-29-20/h2-13H,14H2,1H3/b9-2+. The molecule has 6 nitrogen and oxygen atoms in total. The van der Waals surface area contributed by atoms with Crippen LogP contribution in [0, 0.1) is 0 Å². The van der Waals surface area contributed by atoms with E-state index in [4.69, 9.17) is 18.9 Å². The highest BCUT2D eigenvalue weighted by molar-refractivity contribution is 9.10. The fraction of sp³-hybridized carbons (Fsp3) is 0.0833. The molecular weight excluding hydrogens is 464 g/mol. The minimum absolute atomic E-state index is 0.121.